The SMILES string of the molecule is O[C@@H]1CCCCC[C@H]1CC1CC1. The molecule has 2 rings (SSSR count). The van der Waals surface area contributed by atoms with Gasteiger partial charge in [0, 0.05) is 0 Å². The van der Waals surface area contributed by atoms with Crippen molar-refractivity contribution in [1.82, 2.24) is 0 Å². The molecule has 12 heavy (non-hydrogen) atoms. The standard InChI is InChI=1S/C11H20O/c12-11-5-3-1-2-4-10(11)8-9-6-7-9/h9-12H,1-8H2/t10-,11+/m0/s1. The van der Waals surface area contributed by atoms with E-state index >= 15 is 0 Å². The Morgan fingerprint density at radius 1 is 0.917 bits per heavy atom. The van der Waals surface area contributed by atoms with Crippen LogP contribution in [0.2, 0.25) is 0 Å². The molecule has 2 atom stereocenters. The third kappa shape index (κ3) is 2.22. The van der Waals surface area contributed by atoms with E-state index < -0.39 is 0 Å². The molecule has 0 radical (unpaired) electrons. The minimum atomic E-state index is 0.0353. The number of hydrogen-bond acceptors (Lipinski definition) is 1. The average molecular weight is 168 g/mol. The van der Waals surface area contributed by atoms with Gasteiger partial charge in [-0.2, -0.15) is 0 Å². The second-order valence-corrected chi connectivity index (χ2v) is 4.64. The van der Waals surface area contributed by atoms with Crippen LogP contribution in [0.5, 0.6) is 0 Å². The molecule has 0 aromatic heterocycles. The lowest BCUT2D eigenvalue weighted by Crippen LogP contribution is -2.19. The predicted octanol–water partition coefficient (Wildman–Crippen LogP) is 2.73. The molecule has 0 heterocycles. The van der Waals surface area contributed by atoms with Gasteiger partial charge < -0.3 is 5.11 Å². The fraction of sp³-hybridized carbons (Fsp3) is 1.00. The monoisotopic (exact) mass is 168 g/mol. The summed E-state index contributed by atoms with van der Waals surface area (Å²) in [4.78, 5) is 0. The molecule has 2 fully saturated rings. The Kier molecular flexibility index (Phi) is 2.69. The van der Waals surface area contributed by atoms with Crippen LogP contribution in [-0.2, 0) is 0 Å². The lowest BCUT2D eigenvalue weighted by molar-refractivity contribution is 0.0926. The molecular formula is C11H20O. The number of aliphatic hydroxyl groups is 1. The van der Waals surface area contributed by atoms with Gasteiger partial charge in [-0.15, -0.1) is 0 Å². The van der Waals surface area contributed by atoms with Crippen LogP contribution >= 0.6 is 0 Å². The van der Waals surface area contributed by atoms with Gasteiger partial charge >= 0.3 is 0 Å². The van der Waals surface area contributed by atoms with Crippen LogP contribution in [0, 0.1) is 11.8 Å². The van der Waals surface area contributed by atoms with Crippen LogP contribution in [0.25, 0.3) is 0 Å². The number of aliphatic hydroxyl groups excluding tert-OH is 1. The molecule has 1 nitrogen and oxygen atoms in total. The molecule has 0 aromatic carbocycles. The molecule has 0 amide bonds. The van der Waals surface area contributed by atoms with E-state index in [-0.39, 0.29) is 6.10 Å². The summed E-state index contributed by atoms with van der Waals surface area (Å²) in [6.07, 6.45) is 10.5. The highest BCUT2D eigenvalue weighted by Gasteiger charge is 2.29. The Balaban J connectivity index is 1.81. The third-order valence-corrected chi connectivity index (χ3v) is 3.45. The van der Waals surface area contributed by atoms with Crippen molar-refractivity contribution in [2.45, 2.75) is 57.5 Å². The predicted molar refractivity (Wildman–Crippen MR) is 49.9 cm³/mol. The first-order chi connectivity index (χ1) is 5.86. The summed E-state index contributed by atoms with van der Waals surface area (Å²) in [7, 11) is 0. The van der Waals surface area contributed by atoms with Crippen LogP contribution in [0.4, 0.5) is 0 Å². The van der Waals surface area contributed by atoms with Gasteiger partial charge in [0.25, 0.3) is 0 Å². The van der Waals surface area contributed by atoms with E-state index in [2.05, 4.69) is 0 Å². The van der Waals surface area contributed by atoms with Gasteiger partial charge in [-0.05, 0) is 31.1 Å². The molecule has 0 unspecified atom stereocenters. The van der Waals surface area contributed by atoms with Crippen molar-refractivity contribution >= 4 is 0 Å². The van der Waals surface area contributed by atoms with Crippen LogP contribution in [0.1, 0.15) is 51.4 Å². The quantitative estimate of drug-likeness (QED) is 0.629. The summed E-state index contributed by atoms with van der Waals surface area (Å²) < 4.78 is 0. The lowest BCUT2D eigenvalue weighted by atomic mass is 9.92. The molecule has 2 aliphatic carbocycles. The summed E-state index contributed by atoms with van der Waals surface area (Å²) in [5.41, 5.74) is 0. The summed E-state index contributed by atoms with van der Waals surface area (Å²) in [6, 6.07) is 0. The average Bonchev–Trinajstić information content (AvgIpc) is 2.84. The van der Waals surface area contributed by atoms with Gasteiger partial charge in [0.15, 0.2) is 0 Å². The summed E-state index contributed by atoms with van der Waals surface area (Å²) >= 11 is 0. The first kappa shape index (κ1) is 8.55. The second kappa shape index (κ2) is 3.78. The maximum atomic E-state index is 9.83. The Bertz CT molecular complexity index is 140. The van der Waals surface area contributed by atoms with Crippen LogP contribution < -0.4 is 0 Å². The molecule has 0 spiro atoms. The van der Waals surface area contributed by atoms with Gasteiger partial charge in [-0.25, -0.2) is 0 Å². The lowest BCUT2D eigenvalue weighted by Gasteiger charge is -2.19. The maximum absolute atomic E-state index is 9.83. The normalized spacial score (nSPS) is 37.8. The maximum Gasteiger partial charge on any atom is 0.0568 e. The van der Waals surface area contributed by atoms with Crippen LogP contribution in [-0.4, -0.2) is 11.2 Å². The molecule has 2 saturated carbocycles. The van der Waals surface area contributed by atoms with E-state index in [1.165, 1.54) is 44.9 Å². The van der Waals surface area contributed by atoms with Crippen molar-refractivity contribution in [1.29, 1.82) is 0 Å². The van der Waals surface area contributed by atoms with Gasteiger partial charge in [-0.1, -0.05) is 32.1 Å². The third-order valence-electron chi connectivity index (χ3n) is 3.45. The zero-order chi connectivity index (χ0) is 8.39. The number of rotatable bonds is 2. The van der Waals surface area contributed by atoms with E-state index in [1.54, 1.807) is 0 Å². The highest BCUT2D eigenvalue weighted by molar-refractivity contribution is 4.81. The van der Waals surface area contributed by atoms with Crippen molar-refractivity contribution in [2.75, 3.05) is 0 Å². The Labute approximate surface area is 75.2 Å². The van der Waals surface area contributed by atoms with E-state index in [4.69, 9.17) is 0 Å². The highest BCUT2D eigenvalue weighted by Crippen LogP contribution is 2.39. The topological polar surface area (TPSA) is 20.2 Å². The zero-order valence-electron chi connectivity index (χ0n) is 7.84. The smallest absolute Gasteiger partial charge is 0.0568 e. The molecule has 1 heteroatoms. The molecule has 70 valence electrons. The Hall–Kier alpha value is -0.0400. The minimum Gasteiger partial charge on any atom is -0.393 e. The minimum absolute atomic E-state index is 0.0353. The molecule has 0 bridgehead atoms. The fourth-order valence-corrected chi connectivity index (χ4v) is 2.42. The molecule has 0 saturated heterocycles. The van der Waals surface area contributed by atoms with Crippen molar-refractivity contribution in [3.05, 3.63) is 0 Å². The molecule has 2 aliphatic rings. The van der Waals surface area contributed by atoms with Gasteiger partial charge in [0.1, 0.15) is 0 Å². The molecule has 1 N–H and O–H groups in total. The van der Waals surface area contributed by atoms with Gasteiger partial charge in [0.05, 0.1) is 6.10 Å². The summed E-state index contributed by atoms with van der Waals surface area (Å²) in [6.45, 7) is 0. The molecule has 0 aromatic rings. The van der Waals surface area contributed by atoms with E-state index in [0.717, 1.165) is 12.3 Å². The van der Waals surface area contributed by atoms with Crippen molar-refractivity contribution < 1.29 is 5.11 Å². The molecule has 0 aliphatic heterocycles. The first-order valence-electron chi connectivity index (χ1n) is 5.54. The highest BCUT2D eigenvalue weighted by atomic mass is 16.3. The summed E-state index contributed by atoms with van der Waals surface area (Å²) in [5, 5.41) is 9.83. The van der Waals surface area contributed by atoms with Crippen LogP contribution in [0.15, 0.2) is 0 Å². The number of hydrogen-bond donors (Lipinski definition) is 1. The second-order valence-electron chi connectivity index (χ2n) is 4.64. The first-order valence-corrected chi connectivity index (χ1v) is 5.54. The Morgan fingerprint density at radius 2 is 1.67 bits per heavy atom. The van der Waals surface area contributed by atoms with E-state index in [1.807, 2.05) is 0 Å². The molecular weight excluding hydrogens is 148 g/mol. The fourth-order valence-electron chi connectivity index (χ4n) is 2.42. The van der Waals surface area contributed by atoms with Gasteiger partial charge in [0.2, 0.25) is 0 Å². The summed E-state index contributed by atoms with van der Waals surface area (Å²) in [5.74, 6) is 1.64. The zero-order valence-corrected chi connectivity index (χ0v) is 7.84. The van der Waals surface area contributed by atoms with Crippen LogP contribution in [0.3, 0.4) is 0 Å². The Morgan fingerprint density at radius 3 is 2.42 bits per heavy atom. The van der Waals surface area contributed by atoms with Crippen molar-refractivity contribution in [2.24, 2.45) is 11.8 Å². The largest absolute Gasteiger partial charge is 0.393 e. The van der Waals surface area contributed by atoms with Crippen molar-refractivity contribution in [3.63, 3.8) is 0 Å². The van der Waals surface area contributed by atoms with E-state index in [9.17, 15) is 5.11 Å². The van der Waals surface area contributed by atoms with E-state index in [0.29, 0.717) is 5.92 Å². The van der Waals surface area contributed by atoms with Gasteiger partial charge in [-0.3, -0.25) is 0 Å². The van der Waals surface area contributed by atoms with Crippen molar-refractivity contribution in [3.8, 4) is 0 Å².